The Balaban J connectivity index is 2.31. The van der Waals surface area contributed by atoms with E-state index in [-0.39, 0.29) is 22.1 Å². The minimum Gasteiger partial charge on any atom is -0.496 e. The zero-order valence-corrected chi connectivity index (χ0v) is 17.7. The molecule has 0 saturated heterocycles. The molecule has 0 radical (unpaired) electrons. The van der Waals surface area contributed by atoms with Gasteiger partial charge in [-0.1, -0.05) is 32.9 Å². The zero-order valence-electron chi connectivity index (χ0n) is 17.7. The Hall–Kier alpha value is -2.70. The summed E-state index contributed by atoms with van der Waals surface area (Å²) in [7, 11) is 1.50. The lowest BCUT2D eigenvalue weighted by molar-refractivity contribution is -0.274. The zero-order chi connectivity index (χ0) is 22.3. The molecule has 0 aliphatic heterocycles. The third-order valence-corrected chi connectivity index (χ3v) is 5.90. The van der Waals surface area contributed by atoms with Crippen molar-refractivity contribution in [3.63, 3.8) is 0 Å². The van der Waals surface area contributed by atoms with E-state index in [0.717, 1.165) is 30.2 Å². The van der Waals surface area contributed by atoms with Crippen LogP contribution in [0.4, 0.5) is 13.2 Å². The fourth-order valence-electron chi connectivity index (χ4n) is 4.09. The van der Waals surface area contributed by atoms with Gasteiger partial charge in [-0.05, 0) is 70.7 Å². The van der Waals surface area contributed by atoms with Gasteiger partial charge in [-0.15, -0.1) is 13.2 Å². The van der Waals surface area contributed by atoms with Crippen LogP contribution in [0.1, 0.15) is 57.2 Å². The lowest BCUT2D eigenvalue weighted by Gasteiger charge is -2.42. The molecule has 0 fully saturated rings. The summed E-state index contributed by atoms with van der Waals surface area (Å²) in [5.41, 5.74) is 3.13. The molecule has 0 atom stereocenters. The van der Waals surface area contributed by atoms with Gasteiger partial charge in [0.1, 0.15) is 11.5 Å². The van der Waals surface area contributed by atoms with E-state index in [9.17, 15) is 13.2 Å². The Morgan fingerprint density at radius 2 is 1.50 bits per heavy atom. The topological polar surface area (TPSA) is 51.0 Å². The number of benzene rings is 2. The van der Waals surface area contributed by atoms with E-state index in [4.69, 9.17) is 9.94 Å². The second kappa shape index (κ2) is 7.52. The Bertz CT molecular complexity index is 978. The maximum atomic E-state index is 13.0. The summed E-state index contributed by atoms with van der Waals surface area (Å²) < 4.78 is 49.0. The largest absolute Gasteiger partial charge is 0.573 e. The molecule has 0 saturated carbocycles. The van der Waals surface area contributed by atoms with Crippen molar-refractivity contribution in [3.8, 4) is 22.6 Å². The van der Waals surface area contributed by atoms with Crippen molar-refractivity contribution < 1.29 is 27.9 Å². The highest BCUT2D eigenvalue weighted by molar-refractivity contribution is 5.86. The van der Waals surface area contributed by atoms with Gasteiger partial charge in [0, 0.05) is 11.1 Å². The number of fused-ring (bicyclic) bond motifs is 1. The summed E-state index contributed by atoms with van der Waals surface area (Å²) in [5, 5.41) is 11.8. The lowest BCUT2D eigenvalue weighted by Crippen LogP contribution is -2.33. The Labute approximate surface area is 174 Å². The molecule has 2 aromatic carbocycles. The first-order chi connectivity index (χ1) is 13.9. The van der Waals surface area contributed by atoms with Crippen LogP contribution in [0, 0.1) is 0 Å². The fraction of sp³-hybridized carbons (Fsp3) is 0.435. The predicted molar refractivity (Wildman–Crippen MR) is 110 cm³/mol. The van der Waals surface area contributed by atoms with Gasteiger partial charge in [0.25, 0.3) is 0 Å². The molecular formula is C23H26F3NO3. The van der Waals surface area contributed by atoms with Crippen LogP contribution in [-0.4, -0.2) is 24.9 Å². The van der Waals surface area contributed by atoms with Crippen LogP contribution >= 0.6 is 0 Å². The van der Waals surface area contributed by atoms with Crippen molar-refractivity contribution in [3.05, 3.63) is 47.0 Å². The summed E-state index contributed by atoms with van der Waals surface area (Å²) in [6, 6.07) is 7.94. The number of halogens is 3. The van der Waals surface area contributed by atoms with Crippen LogP contribution in [0.5, 0.6) is 11.5 Å². The Morgan fingerprint density at radius 3 is 2.03 bits per heavy atom. The van der Waals surface area contributed by atoms with Gasteiger partial charge >= 0.3 is 6.36 Å². The molecule has 0 aromatic heterocycles. The minimum atomic E-state index is -4.84. The molecule has 0 heterocycles. The number of hydrogen-bond acceptors (Lipinski definition) is 4. The molecule has 0 bridgehead atoms. The third kappa shape index (κ3) is 4.25. The average molecular weight is 421 g/mol. The molecule has 0 spiro atoms. The maximum Gasteiger partial charge on any atom is 0.573 e. The van der Waals surface area contributed by atoms with Crippen molar-refractivity contribution in [1.29, 1.82) is 0 Å². The number of rotatable bonds is 4. The highest BCUT2D eigenvalue weighted by Crippen LogP contribution is 2.50. The molecule has 30 heavy (non-hydrogen) atoms. The van der Waals surface area contributed by atoms with E-state index in [0.29, 0.717) is 16.9 Å². The average Bonchev–Trinajstić information content (AvgIpc) is 2.65. The van der Waals surface area contributed by atoms with Crippen molar-refractivity contribution in [1.82, 2.24) is 0 Å². The van der Waals surface area contributed by atoms with Crippen LogP contribution < -0.4 is 9.47 Å². The summed E-state index contributed by atoms with van der Waals surface area (Å²) in [6.45, 7) is 8.60. The second-order valence-corrected chi connectivity index (χ2v) is 8.91. The van der Waals surface area contributed by atoms with Crippen molar-refractivity contribution >= 4 is 6.21 Å². The highest BCUT2D eigenvalue weighted by atomic mass is 19.4. The smallest absolute Gasteiger partial charge is 0.496 e. The van der Waals surface area contributed by atoms with E-state index in [1.807, 2.05) is 12.1 Å². The van der Waals surface area contributed by atoms with Gasteiger partial charge < -0.3 is 14.7 Å². The summed E-state index contributed by atoms with van der Waals surface area (Å²) in [5.74, 6) is 0.119. The van der Waals surface area contributed by atoms with Crippen LogP contribution in [0.3, 0.4) is 0 Å². The molecular weight excluding hydrogens is 395 g/mol. The second-order valence-electron chi connectivity index (χ2n) is 8.91. The highest BCUT2D eigenvalue weighted by Gasteiger charge is 2.38. The minimum absolute atomic E-state index is 0.0760. The molecule has 2 aromatic rings. The Kier molecular flexibility index (Phi) is 5.52. The standard InChI is InChI=1S/C23H26F3NO3/c1-21(2)8-9-22(3,4)18-12-20(29-5)16(11-17(18)21)15-10-14(13-27-28)6-7-19(15)30-23(24,25)26/h6-7,10-13,28H,8-9H2,1-5H3/b27-13+. The van der Waals surface area contributed by atoms with Crippen LogP contribution in [-0.2, 0) is 10.8 Å². The van der Waals surface area contributed by atoms with Gasteiger partial charge in [0.2, 0.25) is 0 Å². The van der Waals surface area contributed by atoms with E-state index in [2.05, 4.69) is 37.6 Å². The molecule has 7 heteroatoms. The summed E-state index contributed by atoms with van der Waals surface area (Å²) >= 11 is 0. The quantitative estimate of drug-likeness (QED) is 0.352. The summed E-state index contributed by atoms with van der Waals surface area (Å²) in [6.07, 6.45) is -1.73. The van der Waals surface area contributed by atoms with Gasteiger partial charge in [0.15, 0.2) is 0 Å². The van der Waals surface area contributed by atoms with Crippen LogP contribution in [0.25, 0.3) is 11.1 Å². The molecule has 1 aliphatic rings. The SMILES string of the molecule is COc1cc2c(cc1-c1cc(/C=N/O)ccc1OC(F)(F)F)C(C)(C)CCC2(C)C. The Morgan fingerprint density at radius 1 is 0.933 bits per heavy atom. The number of nitrogens with zero attached hydrogens (tertiary/aromatic N) is 1. The lowest BCUT2D eigenvalue weighted by atomic mass is 9.62. The number of ether oxygens (including phenoxy) is 2. The van der Waals surface area contributed by atoms with Crippen molar-refractivity contribution in [2.75, 3.05) is 7.11 Å². The monoisotopic (exact) mass is 421 g/mol. The molecule has 162 valence electrons. The molecule has 0 unspecified atom stereocenters. The van der Waals surface area contributed by atoms with Crippen molar-refractivity contribution in [2.24, 2.45) is 5.16 Å². The van der Waals surface area contributed by atoms with E-state index in [1.54, 1.807) is 0 Å². The number of hydrogen-bond donors (Lipinski definition) is 1. The number of methoxy groups -OCH3 is 1. The van der Waals surface area contributed by atoms with Crippen molar-refractivity contribution in [2.45, 2.75) is 57.7 Å². The van der Waals surface area contributed by atoms with Gasteiger partial charge in [-0.3, -0.25) is 0 Å². The third-order valence-electron chi connectivity index (χ3n) is 5.90. The number of alkyl halides is 3. The van der Waals surface area contributed by atoms with Gasteiger partial charge in [-0.2, -0.15) is 0 Å². The molecule has 3 rings (SSSR count). The maximum absolute atomic E-state index is 13.0. The fourth-order valence-corrected chi connectivity index (χ4v) is 4.09. The first-order valence-corrected chi connectivity index (χ1v) is 9.68. The van der Waals surface area contributed by atoms with Crippen LogP contribution in [0.15, 0.2) is 35.5 Å². The van der Waals surface area contributed by atoms with E-state index >= 15 is 0 Å². The molecule has 4 nitrogen and oxygen atoms in total. The van der Waals surface area contributed by atoms with Gasteiger partial charge in [0.05, 0.1) is 13.3 Å². The first-order valence-electron chi connectivity index (χ1n) is 9.68. The normalized spacial score (nSPS) is 17.6. The predicted octanol–water partition coefficient (Wildman–Crippen LogP) is 6.42. The van der Waals surface area contributed by atoms with Gasteiger partial charge in [-0.25, -0.2) is 0 Å². The molecule has 1 aliphatic carbocycles. The molecule has 0 amide bonds. The van der Waals surface area contributed by atoms with E-state index in [1.165, 1.54) is 25.3 Å². The number of oxime groups is 1. The van der Waals surface area contributed by atoms with E-state index < -0.39 is 6.36 Å². The first kappa shape index (κ1) is 22.0. The summed E-state index contributed by atoms with van der Waals surface area (Å²) in [4.78, 5) is 0. The molecule has 1 N–H and O–H groups in total. The van der Waals surface area contributed by atoms with Crippen LogP contribution in [0.2, 0.25) is 0 Å².